The van der Waals surface area contributed by atoms with Crippen LogP contribution in [0.4, 0.5) is 5.82 Å². The predicted molar refractivity (Wildman–Crippen MR) is 58.6 cm³/mol. The Morgan fingerprint density at radius 1 is 1.53 bits per heavy atom. The molecule has 2 N–H and O–H groups in total. The van der Waals surface area contributed by atoms with Crippen molar-refractivity contribution in [2.24, 2.45) is 5.73 Å². The van der Waals surface area contributed by atoms with Gasteiger partial charge in [-0.2, -0.15) is 5.26 Å². The van der Waals surface area contributed by atoms with Gasteiger partial charge < -0.3 is 10.6 Å². The highest BCUT2D eigenvalue weighted by Gasteiger charge is 2.27. The zero-order chi connectivity index (χ0) is 11.0. The summed E-state index contributed by atoms with van der Waals surface area (Å²) in [7, 11) is 0. The largest absolute Gasteiger partial charge is 0.352 e. The average molecular weight is 202 g/mol. The highest BCUT2D eigenvalue weighted by atomic mass is 15.3. The third kappa shape index (κ3) is 1.66. The van der Waals surface area contributed by atoms with Crippen molar-refractivity contribution in [3.63, 3.8) is 0 Å². The second-order valence-electron chi connectivity index (χ2n) is 4.06. The predicted octanol–water partition coefficient (Wildman–Crippen LogP) is 0.717. The zero-order valence-corrected chi connectivity index (χ0v) is 8.99. The van der Waals surface area contributed by atoms with E-state index < -0.39 is 0 Å². The van der Waals surface area contributed by atoms with Crippen LogP contribution in [0.1, 0.15) is 16.8 Å². The molecule has 4 nitrogen and oxygen atoms in total. The fraction of sp³-hybridized carbons (Fsp3) is 0.455. The lowest BCUT2D eigenvalue weighted by Crippen LogP contribution is -2.56. The summed E-state index contributed by atoms with van der Waals surface area (Å²) < 4.78 is 0. The SMILES string of the molecule is Cc1cc(C)c(C#N)c(N2CC(N)C2)n1. The van der Waals surface area contributed by atoms with E-state index in [2.05, 4.69) is 16.0 Å². The van der Waals surface area contributed by atoms with Gasteiger partial charge >= 0.3 is 0 Å². The number of aryl methyl sites for hydroxylation is 2. The average Bonchev–Trinajstić information content (AvgIpc) is 2.12. The van der Waals surface area contributed by atoms with Crippen LogP contribution in [-0.2, 0) is 0 Å². The van der Waals surface area contributed by atoms with Crippen LogP contribution in [0, 0.1) is 25.2 Å². The third-order valence-electron chi connectivity index (χ3n) is 2.65. The molecule has 2 rings (SSSR count). The molecule has 78 valence electrons. The van der Waals surface area contributed by atoms with E-state index in [0.717, 1.165) is 30.2 Å². The summed E-state index contributed by atoms with van der Waals surface area (Å²) in [5, 5.41) is 9.08. The van der Waals surface area contributed by atoms with Crippen molar-refractivity contribution in [1.29, 1.82) is 5.26 Å². The second kappa shape index (κ2) is 3.52. The third-order valence-corrected chi connectivity index (χ3v) is 2.65. The minimum absolute atomic E-state index is 0.221. The van der Waals surface area contributed by atoms with Crippen molar-refractivity contribution in [2.75, 3.05) is 18.0 Å². The first-order valence-corrected chi connectivity index (χ1v) is 5.00. The lowest BCUT2D eigenvalue weighted by molar-refractivity contribution is 0.513. The molecule has 1 aliphatic rings. The Labute approximate surface area is 89.3 Å². The molecular formula is C11H14N4. The lowest BCUT2D eigenvalue weighted by Gasteiger charge is -2.38. The minimum atomic E-state index is 0.221. The number of hydrogen-bond donors (Lipinski definition) is 1. The van der Waals surface area contributed by atoms with Crippen molar-refractivity contribution in [3.05, 3.63) is 22.9 Å². The van der Waals surface area contributed by atoms with Gasteiger partial charge in [0, 0.05) is 24.8 Å². The molecule has 0 atom stereocenters. The van der Waals surface area contributed by atoms with E-state index in [-0.39, 0.29) is 6.04 Å². The minimum Gasteiger partial charge on any atom is -0.352 e. The molecule has 1 aromatic heterocycles. The highest BCUT2D eigenvalue weighted by Crippen LogP contribution is 2.24. The summed E-state index contributed by atoms with van der Waals surface area (Å²) in [6.07, 6.45) is 0. The van der Waals surface area contributed by atoms with E-state index in [1.165, 1.54) is 0 Å². The van der Waals surface area contributed by atoms with Crippen molar-refractivity contribution >= 4 is 5.82 Å². The number of aromatic nitrogens is 1. The van der Waals surface area contributed by atoms with Crippen molar-refractivity contribution in [1.82, 2.24) is 4.98 Å². The van der Waals surface area contributed by atoms with Gasteiger partial charge in [-0.1, -0.05) is 0 Å². The van der Waals surface area contributed by atoms with Crippen molar-refractivity contribution < 1.29 is 0 Å². The van der Waals surface area contributed by atoms with Gasteiger partial charge in [-0.15, -0.1) is 0 Å². The smallest absolute Gasteiger partial charge is 0.147 e. The van der Waals surface area contributed by atoms with Crippen LogP contribution in [0.25, 0.3) is 0 Å². The summed E-state index contributed by atoms with van der Waals surface area (Å²) >= 11 is 0. The summed E-state index contributed by atoms with van der Waals surface area (Å²) in [4.78, 5) is 6.47. The van der Waals surface area contributed by atoms with Gasteiger partial charge in [0.2, 0.25) is 0 Å². The van der Waals surface area contributed by atoms with Gasteiger partial charge in [-0.25, -0.2) is 4.98 Å². The van der Waals surface area contributed by atoms with Crippen LogP contribution in [-0.4, -0.2) is 24.1 Å². The van der Waals surface area contributed by atoms with E-state index in [1.807, 2.05) is 19.9 Å². The number of nitriles is 1. The molecule has 15 heavy (non-hydrogen) atoms. The number of nitrogens with zero attached hydrogens (tertiary/aromatic N) is 3. The number of nitrogens with two attached hydrogens (primary N) is 1. The maximum atomic E-state index is 9.08. The Kier molecular flexibility index (Phi) is 2.33. The Morgan fingerprint density at radius 2 is 2.20 bits per heavy atom. The Hall–Kier alpha value is -1.60. The van der Waals surface area contributed by atoms with Gasteiger partial charge in [0.05, 0.1) is 5.56 Å². The van der Waals surface area contributed by atoms with Gasteiger partial charge in [0.25, 0.3) is 0 Å². The van der Waals surface area contributed by atoms with Crippen molar-refractivity contribution in [2.45, 2.75) is 19.9 Å². The quantitative estimate of drug-likeness (QED) is 0.728. The van der Waals surface area contributed by atoms with Crippen LogP contribution in [0.3, 0.4) is 0 Å². The summed E-state index contributed by atoms with van der Waals surface area (Å²) in [5.74, 6) is 0.789. The first kappa shape index (κ1) is 9.94. The lowest BCUT2D eigenvalue weighted by atomic mass is 10.1. The molecule has 4 heteroatoms. The fourth-order valence-corrected chi connectivity index (χ4v) is 1.87. The van der Waals surface area contributed by atoms with Crippen LogP contribution >= 0.6 is 0 Å². The second-order valence-corrected chi connectivity index (χ2v) is 4.06. The first-order chi connectivity index (χ1) is 7.11. The van der Waals surface area contributed by atoms with Crippen LogP contribution in [0.2, 0.25) is 0 Å². The molecular weight excluding hydrogens is 188 g/mol. The molecule has 0 spiro atoms. The normalized spacial score (nSPS) is 16.0. The molecule has 0 radical (unpaired) electrons. The monoisotopic (exact) mass is 202 g/mol. The zero-order valence-electron chi connectivity index (χ0n) is 8.99. The van der Waals surface area contributed by atoms with Gasteiger partial charge in [0.1, 0.15) is 11.9 Å². The summed E-state index contributed by atoms with van der Waals surface area (Å²) in [6.45, 7) is 5.48. The Balaban J connectivity index is 2.42. The van der Waals surface area contributed by atoms with E-state index in [1.54, 1.807) is 0 Å². The van der Waals surface area contributed by atoms with Crippen molar-refractivity contribution in [3.8, 4) is 6.07 Å². The maximum Gasteiger partial charge on any atom is 0.147 e. The number of anilines is 1. The van der Waals surface area contributed by atoms with Gasteiger partial charge in [0.15, 0.2) is 0 Å². The standard InChI is InChI=1S/C11H14N4/c1-7-3-8(2)14-11(10(7)4-12)15-5-9(13)6-15/h3,9H,5-6,13H2,1-2H3. The molecule has 0 aromatic carbocycles. The molecule has 1 fully saturated rings. The highest BCUT2D eigenvalue weighted by molar-refractivity contribution is 5.59. The molecule has 0 saturated carbocycles. The number of hydrogen-bond acceptors (Lipinski definition) is 4. The summed E-state index contributed by atoms with van der Waals surface area (Å²) in [6, 6.07) is 4.36. The van der Waals surface area contributed by atoms with Gasteiger partial charge in [-0.05, 0) is 25.5 Å². The molecule has 0 amide bonds. The first-order valence-electron chi connectivity index (χ1n) is 5.00. The number of pyridine rings is 1. The van der Waals surface area contributed by atoms with Gasteiger partial charge in [-0.3, -0.25) is 0 Å². The van der Waals surface area contributed by atoms with Crippen LogP contribution in [0.15, 0.2) is 6.07 Å². The molecule has 0 unspecified atom stereocenters. The topological polar surface area (TPSA) is 65.9 Å². The van der Waals surface area contributed by atoms with E-state index >= 15 is 0 Å². The fourth-order valence-electron chi connectivity index (χ4n) is 1.87. The van der Waals surface area contributed by atoms with E-state index in [0.29, 0.717) is 5.56 Å². The molecule has 0 aliphatic carbocycles. The molecule has 0 bridgehead atoms. The van der Waals surface area contributed by atoms with E-state index in [4.69, 9.17) is 11.0 Å². The molecule has 1 saturated heterocycles. The molecule has 2 heterocycles. The Bertz CT molecular complexity index is 427. The molecule has 1 aromatic rings. The maximum absolute atomic E-state index is 9.08. The van der Waals surface area contributed by atoms with E-state index in [9.17, 15) is 0 Å². The summed E-state index contributed by atoms with van der Waals surface area (Å²) in [5.41, 5.74) is 8.33. The molecule has 1 aliphatic heterocycles. The van der Waals surface area contributed by atoms with Crippen LogP contribution < -0.4 is 10.6 Å². The number of rotatable bonds is 1. The van der Waals surface area contributed by atoms with Crippen LogP contribution in [0.5, 0.6) is 0 Å². The Morgan fingerprint density at radius 3 is 2.73 bits per heavy atom.